The van der Waals surface area contributed by atoms with Crippen molar-refractivity contribution in [1.29, 1.82) is 0 Å². The molecule has 1 saturated heterocycles. The first-order valence-corrected chi connectivity index (χ1v) is 16.0. The molecule has 0 aliphatic carbocycles. The third-order valence-electron chi connectivity index (χ3n) is 7.71. The van der Waals surface area contributed by atoms with Gasteiger partial charge in [0.1, 0.15) is 12.1 Å². The van der Waals surface area contributed by atoms with Crippen molar-refractivity contribution in [2.75, 3.05) is 18.4 Å². The number of carbonyl (C=O) groups excluding carboxylic acids is 3. The van der Waals surface area contributed by atoms with Crippen molar-refractivity contribution >= 4 is 46.4 Å². The molecule has 0 saturated carbocycles. The normalized spacial score (nSPS) is 14.1. The van der Waals surface area contributed by atoms with Crippen LogP contribution in [0.15, 0.2) is 73.3 Å². The van der Waals surface area contributed by atoms with E-state index in [1.165, 1.54) is 0 Å². The lowest BCUT2D eigenvalue weighted by Crippen LogP contribution is -2.55. The number of aromatic nitrogens is 3. The summed E-state index contributed by atoms with van der Waals surface area (Å²) in [6, 6.07) is 15.8. The Morgan fingerprint density at radius 1 is 0.889 bits per heavy atom. The summed E-state index contributed by atoms with van der Waals surface area (Å²) in [5.74, 6) is -6.12. The fourth-order valence-corrected chi connectivity index (χ4v) is 5.02. The van der Waals surface area contributed by atoms with Gasteiger partial charge in [-0.25, -0.2) is 14.6 Å². The van der Waals surface area contributed by atoms with Crippen LogP contribution in [0.25, 0.3) is 10.9 Å². The molecule has 2 aromatic heterocycles. The number of aromatic amines is 1. The number of amides is 3. The average molecular weight is 770 g/mol. The number of hydrogen-bond acceptors (Lipinski definition) is 7. The lowest BCUT2D eigenvalue weighted by Gasteiger charge is -2.24. The summed E-state index contributed by atoms with van der Waals surface area (Å²) in [4.78, 5) is 67.1. The lowest BCUT2D eigenvalue weighted by molar-refractivity contribution is -0.193. The molecule has 20 heteroatoms. The molecule has 54 heavy (non-hydrogen) atoms. The highest BCUT2D eigenvalue weighted by atomic mass is 19.4. The van der Waals surface area contributed by atoms with Gasteiger partial charge >= 0.3 is 24.3 Å². The zero-order chi connectivity index (χ0) is 40.4. The van der Waals surface area contributed by atoms with Gasteiger partial charge in [0.05, 0.1) is 11.9 Å². The number of anilines is 1. The molecule has 1 unspecified atom stereocenters. The number of fused-ring (bicyclic) bond motifs is 1. The smallest absolute Gasteiger partial charge is 0.475 e. The number of hydrogen-bond donors (Lipinski definition) is 6. The van der Waals surface area contributed by atoms with Gasteiger partial charge in [-0.1, -0.05) is 48.5 Å². The van der Waals surface area contributed by atoms with E-state index in [4.69, 9.17) is 25.5 Å². The highest BCUT2D eigenvalue weighted by molar-refractivity contribution is 5.98. The van der Waals surface area contributed by atoms with Crippen LogP contribution in [0.4, 0.5) is 32.2 Å². The van der Waals surface area contributed by atoms with Gasteiger partial charge in [0.15, 0.2) is 5.82 Å². The number of nitrogens with zero attached hydrogens (tertiary/aromatic N) is 3. The van der Waals surface area contributed by atoms with Gasteiger partial charge in [0.25, 0.3) is 0 Å². The van der Waals surface area contributed by atoms with Crippen LogP contribution in [0.5, 0.6) is 0 Å². The van der Waals surface area contributed by atoms with Gasteiger partial charge in [-0.05, 0) is 43.9 Å². The largest absolute Gasteiger partial charge is 0.490 e. The maximum atomic E-state index is 13.5. The highest BCUT2D eigenvalue weighted by Crippen LogP contribution is 2.25. The monoisotopic (exact) mass is 769 g/mol. The lowest BCUT2D eigenvalue weighted by atomic mass is 10.0. The average Bonchev–Trinajstić information content (AvgIpc) is 3.87. The van der Waals surface area contributed by atoms with Crippen molar-refractivity contribution in [3.63, 3.8) is 0 Å². The zero-order valence-corrected chi connectivity index (χ0v) is 28.7. The predicted octanol–water partition coefficient (Wildman–Crippen LogP) is 4.25. The Morgan fingerprint density at radius 3 is 1.96 bits per heavy atom. The van der Waals surface area contributed by atoms with E-state index in [1.807, 2.05) is 65.7 Å². The summed E-state index contributed by atoms with van der Waals surface area (Å²) in [6.45, 7) is 4.64. The van der Waals surface area contributed by atoms with Gasteiger partial charge in [0, 0.05) is 42.8 Å². The molecular weight excluding hydrogens is 732 g/mol. The fraction of sp³-hybridized carbons (Fsp3) is 0.353. The summed E-state index contributed by atoms with van der Waals surface area (Å²) < 4.78 is 65.2. The minimum absolute atomic E-state index is 0.00590. The molecule has 292 valence electrons. The number of likely N-dealkylation sites (tertiary alicyclic amines) is 1. The molecule has 1 fully saturated rings. The standard InChI is InChI=1S/C30H35N7O3.2C2HF3O2/c1-30(2,31)29(40)34-24(16-21-17-32-23-13-7-6-12-22(21)23)27(38)35-25-18-37(19-33-25)26(20-10-4-3-5-11-20)28(39)36-14-8-9-15-36;2*3-2(4,5)1(6)7/h3-7,10-13,17-19,24,26,32H,8-9,14-16,31H2,1-2H3,(H,34,40)(H,35,38);2*(H,6,7)/t24-,26?;;/m1../s1. The molecule has 2 aromatic carbocycles. The van der Waals surface area contributed by atoms with E-state index in [0.717, 1.165) is 48.0 Å². The Hall–Kier alpha value is -5.92. The Labute approximate surface area is 303 Å². The highest BCUT2D eigenvalue weighted by Gasteiger charge is 2.39. The molecule has 0 spiro atoms. The van der Waals surface area contributed by atoms with Gasteiger partial charge in [-0.3, -0.25) is 14.4 Å². The Balaban J connectivity index is 0.000000476. The molecule has 4 aromatic rings. The maximum absolute atomic E-state index is 13.5. The zero-order valence-electron chi connectivity index (χ0n) is 28.7. The van der Waals surface area contributed by atoms with Crippen molar-refractivity contribution < 1.29 is 60.5 Å². The van der Waals surface area contributed by atoms with Crippen LogP contribution in [0.2, 0.25) is 0 Å². The van der Waals surface area contributed by atoms with Crippen LogP contribution in [0.1, 0.15) is 43.9 Å². The van der Waals surface area contributed by atoms with E-state index in [9.17, 15) is 40.7 Å². The molecule has 5 rings (SSSR count). The van der Waals surface area contributed by atoms with Crippen molar-refractivity contribution in [3.8, 4) is 0 Å². The van der Waals surface area contributed by atoms with E-state index >= 15 is 0 Å². The summed E-state index contributed by atoms with van der Waals surface area (Å²) in [7, 11) is 0. The summed E-state index contributed by atoms with van der Waals surface area (Å²) in [6.07, 6.45) is -2.89. The number of imidazole rings is 1. The number of carboxylic acids is 2. The van der Waals surface area contributed by atoms with Crippen LogP contribution < -0.4 is 16.4 Å². The molecule has 1 aliphatic rings. The van der Waals surface area contributed by atoms with Gasteiger partial charge in [-0.15, -0.1) is 0 Å². The third-order valence-corrected chi connectivity index (χ3v) is 7.71. The number of carboxylic acid groups (broad SMARTS) is 2. The Morgan fingerprint density at radius 2 is 1.43 bits per heavy atom. The number of para-hydroxylation sites is 1. The first-order chi connectivity index (χ1) is 25.1. The van der Waals surface area contributed by atoms with Gasteiger partial charge in [0.2, 0.25) is 17.7 Å². The number of nitrogens with one attached hydrogen (secondary N) is 3. The number of carbonyl (C=O) groups is 5. The maximum Gasteiger partial charge on any atom is 0.490 e. The molecule has 7 N–H and O–H groups in total. The first-order valence-electron chi connectivity index (χ1n) is 16.0. The van der Waals surface area contributed by atoms with Crippen LogP contribution in [-0.4, -0.2) is 96.3 Å². The quantitative estimate of drug-likeness (QED) is 0.134. The molecule has 0 bridgehead atoms. The number of H-pyrrole nitrogens is 1. The third kappa shape index (κ3) is 12.1. The fourth-order valence-electron chi connectivity index (χ4n) is 5.02. The van der Waals surface area contributed by atoms with E-state index in [2.05, 4.69) is 20.6 Å². The number of alkyl halides is 6. The Kier molecular flexibility index (Phi) is 14.0. The number of halogens is 6. The van der Waals surface area contributed by atoms with E-state index in [1.54, 1.807) is 30.9 Å². The second-order valence-electron chi connectivity index (χ2n) is 12.5. The minimum Gasteiger partial charge on any atom is -0.475 e. The van der Waals surface area contributed by atoms with Crippen molar-refractivity contribution in [1.82, 2.24) is 24.8 Å². The molecule has 3 heterocycles. The first kappa shape index (κ1) is 42.5. The summed E-state index contributed by atoms with van der Waals surface area (Å²) in [5, 5.41) is 20.9. The Bertz CT molecular complexity index is 1890. The van der Waals surface area contributed by atoms with Crippen LogP contribution in [0.3, 0.4) is 0 Å². The van der Waals surface area contributed by atoms with E-state index in [-0.39, 0.29) is 18.1 Å². The molecule has 1 aliphatic heterocycles. The SMILES string of the molecule is CC(C)(N)C(=O)N[C@H](Cc1c[nH]c2ccccc12)C(=O)Nc1cn(C(C(=O)N2CCCC2)c2ccccc2)cn1.O=C(O)C(F)(F)F.O=C(O)C(F)(F)F. The molecule has 3 amide bonds. The molecular formula is C34H37F6N7O7. The van der Waals surface area contributed by atoms with Crippen LogP contribution in [-0.2, 0) is 30.4 Å². The molecule has 14 nitrogen and oxygen atoms in total. The predicted molar refractivity (Wildman–Crippen MR) is 181 cm³/mol. The summed E-state index contributed by atoms with van der Waals surface area (Å²) >= 11 is 0. The number of aliphatic carboxylic acids is 2. The second kappa shape index (κ2) is 17.7. The number of nitrogens with two attached hydrogens (primary N) is 1. The van der Waals surface area contributed by atoms with Crippen LogP contribution in [0, 0.1) is 0 Å². The van der Waals surface area contributed by atoms with Crippen molar-refractivity contribution in [3.05, 3.63) is 84.4 Å². The second-order valence-corrected chi connectivity index (χ2v) is 12.5. The number of rotatable bonds is 9. The van der Waals surface area contributed by atoms with Gasteiger partial charge < -0.3 is 41.0 Å². The minimum atomic E-state index is -5.08. The number of benzene rings is 2. The van der Waals surface area contributed by atoms with Gasteiger partial charge in [-0.2, -0.15) is 26.3 Å². The van der Waals surface area contributed by atoms with E-state index < -0.39 is 53.7 Å². The van der Waals surface area contributed by atoms with Crippen LogP contribution >= 0.6 is 0 Å². The topological polar surface area (TPSA) is 213 Å². The van der Waals surface area contributed by atoms with Crippen molar-refractivity contribution in [2.45, 2.75) is 63.1 Å². The summed E-state index contributed by atoms with van der Waals surface area (Å²) in [5.41, 5.74) is 7.51. The molecule has 2 atom stereocenters. The molecule has 0 radical (unpaired) electrons. The van der Waals surface area contributed by atoms with Crippen molar-refractivity contribution in [2.24, 2.45) is 5.73 Å². The van der Waals surface area contributed by atoms with E-state index in [0.29, 0.717) is 0 Å².